The van der Waals surface area contributed by atoms with E-state index in [9.17, 15) is 0 Å². The minimum Gasteiger partial charge on any atom is -0.303 e. The summed E-state index contributed by atoms with van der Waals surface area (Å²) in [6, 6.07) is 0. The van der Waals surface area contributed by atoms with E-state index in [0.29, 0.717) is 13.1 Å². The van der Waals surface area contributed by atoms with Gasteiger partial charge in [0.05, 0.1) is 6.54 Å². The fourth-order valence-corrected chi connectivity index (χ4v) is 0.357. The van der Waals surface area contributed by atoms with Crippen LogP contribution in [0.1, 0.15) is 0 Å². The van der Waals surface area contributed by atoms with Crippen LogP contribution in [0.2, 0.25) is 0 Å². The second-order valence-electron chi connectivity index (χ2n) is 1.42. The number of hydrogen-bond donors (Lipinski definition) is 1. The SMILES string of the molecule is C#CCNCC=CN=[N+]=[N-]. The zero-order valence-corrected chi connectivity index (χ0v) is 5.49. The van der Waals surface area contributed by atoms with Crippen LogP contribution in [0.3, 0.4) is 0 Å². The lowest BCUT2D eigenvalue weighted by molar-refractivity contribution is 0.856. The van der Waals surface area contributed by atoms with Gasteiger partial charge in [-0.25, -0.2) is 0 Å². The topological polar surface area (TPSA) is 60.8 Å². The highest BCUT2D eigenvalue weighted by Gasteiger charge is 1.72. The Labute approximate surface area is 59.6 Å². The summed E-state index contributed by atoms with van der Waals surface area (Å²) in [5.74, 6) is 2.41. The zero-order valence-electron chi connectivity index (χ0n) is 5.49. The molecule has 0 aromatic heterocycles. The molecule has 0 radical (unpaired) electrons. The number of terminal acetylenes is 1. The molecule has 0 aromatic rings. The maximum Gasteiger partial charge on any atom is 0.0576 e. The highest BCUT2D eigenvalue weighted by atomic mass is 15.1. The van der Waals surface area contributed by atoms with Crippen LogP contribution in [0.25, 0.3) is 10.4 Å². The predicted molar refractivity (Wildman–Crippen MR) is 40.0 cm³/mol. The first kappa shape index (κ1) is 8.57. The van der Waals surface area contributed by atoms with Gasteiger partial charge in [-0.3, -0.25) is 0 Å². The van der Waals surface area contributed by atoms with Crippen LogP contribution in [-0.4, -0.2) is 13.1 Å². The highest BCUT2D eigenvalue weighted by molar-refractivity contribution is 4.89. The monoisotopic (exact) mass is 136 g/mol. The molecule has 0 amide bonds. The number of nitrogens with zero attached hydrogens (tertiary/aromatic N) is 3. The van der Waals surface area contributed by atoms with Crippen molar-refractivity contribution in [3.63, 3.8) is 0 Å². The van der Waals surface area contributed by atoms with Crippen LogP contribution in [0.15, 0.2) is 17.4 Å². The van der Waals surface area contributed by atoms with Gasteiger partial charge in [-0.05, 0) is 11.7 Å². The van der Waals surface area contributed by atoms with E-state index in [2.05, 4.69) is 21.3 Å². The summed E-state index contributed by atoms with van der Waals surface area (Å²) < 4.78 is 0. The maximum atomic E-state index is 7.82. The van der Waals surface area contributed by atoms with Crippen molar-refractivity contribution in [2.75, 3.05) is 13.1 Å². The van der Waals surface area contributed by atoms with Crippen LogP contribution in [0.5, 0.6) is 0 Å². The highest BCUT2D eigenvalue weighted by Crippen LogP contribution is 1.72. The molecule has 0 unspecified atom stereocenters. The van der Waals surface area contributed by atoms with Gasteiger partial charge in [0.25, 0.3) is 0 Å². The van der Waals surface area contributed by atoms with Crippen molar-refractivity contribution in [3.05, 3.63) is 22.7 Å². The van der Waals surface area contributed by atoms with E-state index in [1.165, 1.54) is 6.20 Å². The normalized spacial score (nSPS) is 8.70. The third kappa shape index (κ3) is 6.57. The zero-order chi connectivity index (χ0) is 7.66. The molecule has 0 saturated carbocycles. The van der Waals surface area contributed by atoms with Crippen LogP contribution in [0, 0.1) is 12.3 Å². The molecule has 0 aliphatic heterocycles. The Bertz CT molecular complexity index is 182. The predicted octanol–water partition coefficient (Wildman–Crippen LogP) is 1.03. The van der Waals surface area contributed by atoms with Gasteiger partial charge in [0.2, 0.25) is 0 Å². The standard InChI is InChI=1S/C6H8N4/c1-2-4-8-5-3-6-9-10-7/h1,3,6,8H,4-5H2. The molecular weight excluding hydrogens is 128 g/mol. The number of nitrogens with one attached hydrogen (secondary N) is 1. The summed E-state index contributed by atoms with van der Waals surface area (Å²) in [6.45, 7) is 1.16. The molecule has 0 saturated heterocycles. The first-order valence-electron chi connectivity index (χ1n) is 2.75. The molecule has 0 aliphatic rings. The molecule has 10 heavy (non-hydrogen) atoms. The molecule has 1 N–H and O–H groups in total. The molecule has 4 heteroatoms. The Hall–Kier alpha value is -1.43. The minimum absolute atomic E-state index is 0.528. The molecule has 0 atom stereocenters. The Morgan fingerprint density at radius 2 is 2.60 bits per heavy atom. The van der Waals surface area contributed by atoms with E-state index in [0.717, 1.165) is 0 Å². The van der Waals surface area contributed by atoms with Crippen molar-refractivity contribution >= 4 is 0 Å². The lowest BCUT2D eigenvalue weighted by Crippen LogP contribution is -2.12. The molecule has 0 aliphatic carbocycles. The number of hydrogen-bond acceptors (Lipinski definition) is 2. The second kappa shape index (κ2) is 7.57. The molecule has 0 bridgehead atoms. The fourth-order valence-electron chi connectivity index (χ4n) is 0.357. The van der Waals surface area contributed by atoms with E-state index in [-0.39, 0.29) is 0 Å². The molecule has 0 heterocycles. The number of rotatable bonds is 4. The van der Waals surface area contributed by atoms with Crippen LogP contribution >= 0.6 is 0 Å². The Kier molecular flexibility index (Phi) is 6.49. The summed E-state index contributed by atoms with van der Waals surface area (Å²) in [5, 5.41) is 6.07. The van der Waals surface area contributed by atoms with E-state index < -0.39 is 0 Å². The molecule has 52 valence electrons. The Balaban J connectivity index is 3.20. The molecule has 0 fully saturated rings. The summed E-state index contributed by atoms with van der Waals surface area (Å²) in [5.41, 5.74) is 7.82. The first-order valence-corrected chi connectivity index (χ1v) is 2.75. The minimum atomic E-state index is 0.528. The Morgan fingerprint density at radius 3 is 3.20 bits per heavy atom. The van der Waals surface area contributed by atoms with Gasteiger partial charge in [0.1, 0.15) is 0 Å². The van der Waals surface area contributed by atoms with Crippen molar-refractivity contribution < 1.29 is 0 Å². The smallest absolute Gasteiger partial charge is 0.0576 e. The van der Waals surface area contributed by atoms with E-state index in [4.69, 9.17) is 12.0 Å². The first-order chi connectivity index (χ1) is 4.91. The molecule has 0 aromatic carbocycles. The fraction of sp³-hybridized carbons (Fsp3) is 0.333. The summed E-state index contributed by atoms with van der Waals surface area (Å²) in [7, 11) is 0. The molecular formula is C6H8N4. The van der Waals surface area contributed by atoms with Gasteiger partial charge in [0.15, 0.2) is 0 Å². The second-order valence-corrected chi connectivity index (χ2v) is 1.42. The molecule has 4 nitrogen and oxygen atoms in total. The number of azide groups is 1. The third-order valence-electron chi connectivity index (χ3n) is 0.713. The summed E-state index contributed by atoms with van der Waals surface area (Å²) in [4.78, 5) is 2.52. The van der Waals surface area contributed by atoms with E-state index >= 15 is 0 Å². The average Bonchev–Trinajstić information content (AvgIpc) is 1.97. The van der Waals surface area contributed by atoms with Gasteiger partial charge in [-0.2, -0.15) is 0 Å². The van der Waals surface area contributed by atoms with Crippen LogP contribution in [-0.2, 0) is 0 Å². The average molecular weight is 136 g/mol. The van der Waals surface area contributed by atoms with Crippen molar-refractivity contribution in [1.82, 2.24) is 5.32 Å². The van der Waals surface area contributed by atoms with Gasteiger partial charge in [-0.15, -0.1) is 6.42 Å². The van der Waals surface area contributed by atoms with Crippen LogP contribution < -0.4 is 5.32 Å². The van der Waals surface area contributed by atoms with Gasteiger partial charge < -0.3 is 5.32 Å². The van der Waals surface area contributed by atoms with Crippen molar-refractivity contribution in [2.24, 2.45) is 5.11 Å². The quantitative estimate of drug-likeness (QED) is 0.203. The Morgan fingerprint density at radius 1 is 1.80 bits per heavy atom. The van der Waals surface area contributed by atoms with Gasteiger partial charge >= 0.3 is 0 Å². The van der Waals surface area contributed by atoms with E-state index in [1.54, 1.807) is 6.08 Å². The molecule has 0 spiro atoms. The maximum absolute atomic E-state index is 7.82. The largest absolute Gasteiger partial charge is 0.303 e. The summed E-state index contributed by atoms with van der Waals surface area (Å²) >= 11 is 0. The third-order valence-corrected chi connectivity index (χ3v) is 0.713. The lowest BCUT2D eigenvalue weighted by Gasteiger charge is -1.89. The van der Waals surface area contributed by atoms with Crippen molar-refractivity contribution in [3.8, 4) is 12.3 Å². The van der Waals surface area contributed by atoms with Gasteiger partial charge in [0, 0.05) is 11.5 Å². The van der Waals surface area contributed by atoms with Crippen LogP contribution in [0.4, 0.5) is 0 Å². The van der Waals surface area contributed by atoms with Gasteiger partial charge in [-0.1, -0.05) is 17.1 Å². The van der Waals surface area contributed by atoms with E-state index in [1.807, 2.05) is 0 Å². The molecule has 0 rings (SSSR count). The lowest BCUT2D eigenvalue weighted by atomic mass is 10.5. The summed E-state index contributed by atoms with van der Waals surface area (Å²) in [6.07, 6.45) is 8.02. The van der Waals surface area contributed by atoms with Crippen molar-refractivity contribution in [1.29, 1.82) is 0 Å². The van der Waals surface area contributed by atoms with Crippen molar-refractivity contribution in [2.45, 2.75) is 0 Å².